The van der Waals surface area contributed by atoms with Crippen molar-refractivity contribution in [2.24, 2.45) is 29.4 Å². The minimum Gasteiger partial charge on any atom is -0.445 e. The second kappa shape index (κ2) is 37.2. The second-order valence-corrected chi connectivity index (χ2v) is 23.8. The number of likely N-dealkylation sites (tertiary alicyclic amines) is 1. The first-order chi connectivity index (χ1) is 42.3. The molecule has 2 heterocycles. The fourth-order valence-corrected chi connectivity index (χ4v) is 11.1. The summed E-state index contributed by atoms with van der Waals surface area (Å²) in [5.74, 6) is -5.13. The summed E-state index contributed by atoms with van der Waals surface area (Å²) in [5, 5.41) is 16.6. The maximum absolute atomic E-state index is 14.5. The lowest BCUT2D eigenvalue weighted by molar-refractivity contribution is -0.147. The van der Waals surface area contributed by atoms with Crippen molar-refractivity contribution in [1.29, 1.82) is 0 Å². The number of ether oxygens (including phenoxy) is 3. The molecule has 2 aromatic rings. The third-order valence-corrected chi connectivity index (χ3v) is 16.4. The molecule has 4 rings (SSSR count). The Bertz CT molecular complexity index is 2710. The van der Waals surface area contributed by atoms with Gasteiger partial charge in [-0.1, -0.05) is 104 Å². The van der Waals surface area contributed by atoms with E-state index < -0.39 is 84.6 Å². The maximum Gasteiger partial charge on any atom is 0.410 e. The molecular formula is C64H97N11O14. The minimum atomic E-state index is -1.10. The van der Waals surface area contributed by atoms with Gasteiger partial charge in [0, 0.05) is 78.8 Å². The Morgan fingerprint density at radius 1 is 0.719 bits per heavy atom. The van der Waals surface area contributed by atoms with Gasteiger partial charge in [-0.3, -0.25) is 48.1 Å². The third kappa shape index (κ3) is 23.2. The number of hydrogen-bond donors (Lipinski definition) is 7. The smallest absolute Gasteiger partial charge is 0.410 e. The van der Waals surface area contributed by atoms with Crippen LogP contribution in [-0.4, -0.2) is 188 Å². The molecule has 8 N–H and O–H groups in total. The molecule has 89 heavy (non-hydrogen) atoms. The standard InChI is InChI=1S/C64H97N11O14/c1-12-42(6)57(49(87-10)37-54(80)74-36-20-24-48(74)58(88-11)43(7)59(81)66-34-32-44-21-15-13-16-22-44)73(9)62(84)56(41(4)5)71-51(77)38-72(8)64(86)89-39-45-26-28-46(29-27-45)68-60(82)47(23-19-33-67-63(65)85)69-61(83)55(40(2)3)70-50(76)25-17-14-18-35-75-52(78)30-31-53(75)79/h13,15-16,21-22,26-31,40-43,47-49,55-58H,12,14,17-20,23-25,32-39H2,1-11H3,(H,66,81)(H,68,82)(H,69,83)(H,70,76)(H,71,77)(H3,65,67,85)/t42-,43+,47-,48-,49+,55-,56-,57-,58+/m0/s1. The quantitative estimate of drug-likeness (QED) is 0.0369. The van der Waals surface area contributed by atoms with E-state index in [4.69, 9.17) is 19.9 Å². The molecule has 0 bridgehead atoms. The topological polar surface area (TPSA) is 327 Å². The van der Waals surface area contributed by atoms with Crippen molar-refractivity contribution in [1.82, 2.24) is 46.2 Å². The molecule has 492 valence electrons. The summed E-state index contributed by atoms with van der Waals surface area (Å²) in [4.78, 5) is 150. The molecule has 0 aromatic heterocycles. The highest BCUT2D eigenvalue weighted by atomic mass is 16.6. The zero-order chi connectivity index (χ0) is 65.9. The highest BCUT2D eigenvalue weighted by Gasteiger charge is 2.43. The Morgan fingerprint density at radius 3 is 1.98 bits per heavy atom. The molecule has 0 spiro atoms. The maximum atomic E-state index is 14.5. The summed E-state index contributed by atoms with van der Waals surface area (Å²) < 4.78 is 17.5. The van der Waals surface area contributed by atoms with Gasteiger partial charge in [-0.15, -0.1) is 0 Å². The average molecular weight is 1240 g/mol. The Morgan fingerprint density at radius 2 is 1.37 bits per heavy atom. The summed E-state index contributed by atoms with van der Waals surface area (Å²) >= 11 is 0. The van der Waals surface area contributed by atoms with Crippen molar-refractivity contribution in [2.45, 2.75) is 168 Å². The van der Waals surface area contributed by atoms with E-state index in [1.54, 1.807) is 75.9 Å². The van der Waals surface area contributed by atoms with Gasteiger partial charge < -0.3 is 66.5 Å². The van der Waals surface area contributed by atoms with E-state index in [1.807, 2.05) is 51.1 Å². The van der Waals surface area contributed by atoms with E-state index in [0.29, 0.717) is 62.9 Å². The summed E-state index contributed by atoms with van der Waals surface area (Å²) in [7, 11) is 6.08. The Balaban J connectivity index is 1.30. The molecule has 0 saturated carbocycles. The van der Waals surface area contributed by atoms with Gasteiger partial charge in [0.05, 0.1) is 36.6 Å². The highest BCUT2D eigenvalue weighted by Crippen LogP contribution is 2.30. The molecule has 25 nitrogen and oxygen atoms in total. The number of hydrogen-bond acceptors (Lipinski definition) is 14. The van der Waals surface area contributed by atoms with Gasteiger partial charge in [-0.25, -0.2) is 9.59 Å². The lowest BCUT2D eigenvalue weighted by Gasteiger charge is -2.40. The van der Waals surface area contributed by atoms with Crippen molar-refractivity contribution in [3.05, 3.63) is 77.9 Å². The molecule has 1 saturated heterocycles. The molecule has 12 amide bonds. The van der Waals surface area contributed by atoms with E-state index in [1.165, 1.54) is 26.3 Å². The van der Waals surface area contributed by atoms with Gasteiger partial charge in [0.1, 0.15) is 31.3 Å². The molecule has 9 atom stereocenters. The lowest BCUT2D eigenvalue weighted by atomic mass is 9.89. The normalized spacial score (nSPS) is 16.5. The first-order valence-corrected chi connectivity index (χ1v) is 31.0. The van der Waals surface area contributed by atoms with Gasteiger partial charge in [0.25, 0.3) is 11.8 Å². The van der Waals surface area contributed by atoms with Crippen LogP contribution in [0, 0.1) is 23.7 Å². The highest BCUT2D eigenvalue weighted by molar-refractivity contribution is 6.12. The number of nitrogens with one attached hydrogen (secondary N) is 6. The summed E-state index contributed by atoms with van der Waals surface area (Å²) in [6.45, 7) is 13.5. The van der Waals surface area contributed by atoms with Crippen LogP contribution in [0.5, 0.6) is 0 Å². The molecule has 0 aliphatic carbocycles. The number of urea groups is 1. The van der Waals surface area contributed by atoms with Crippen LogP contribution in [0.3, 0.4) is 0 Å². The minimum absolute atomic E-state index is 0.0494. The van der Waals surface area contributed by atoms with Crippen LogP contribution in [0.4, 0.5) is 15.3 Å². The number of imide groups is 1. The Kier molecular flexibility index (Phi) is 30.7. The van der Waals surface area contributed by atoms with E-state index in [9.17, 15) is 52.7 Å². The van der Waals surface area contributed by atoms with Crippen LogP contribution in [0.1, 0.15) is 124 Å². The van der Waals surface area contributed by atoms with Gasteiger partial charge >= 0.3 is 12.1 Å². The predicted octanol–water partition coefficient (Wildman–Crippen LogP) is 4.17. The molecule has 0 radical (unpaired) electrons. The van der Waals surface area contributed by atoms with Crippen LogP contribution >= 0.6 is 0 Å². The number of methoxy groups -OCH3 is 2. The number of carbonyl (C=O) groups is 11. The number of likely N-dealkylation sites (N-methyl/N-ethyl adjacent to an activating group) is 2. The van der Waals surface area contributed by atoms with Crippen molar-refractivity contribution < 1.29 is 67.0 Å². The summed E-state index contributed by atoms with van der Waals surface area (Å²) in [6.07, 6.45) is 4.92. The SMILES string of the molecule is CC[C@H](C)[C@@H]([C@@H](CC(=O)N1CCC[C@H]1[C@H](OC)[C@@H](C)C(=O)NCCc1ccccc1)OC)N(C)C(=O)[C@@H](NC(=O)CN(C)C(=O)OCc1ccc(NC(=O)[C@H](CCCNC(N)=O)NC(=O)[C@@H](NC(=O)CCCCCN2C(=O)C=CC2=O)C(C)C)cc1)C(C)C. The van der Waals surface area contributed by atoms with E-state index in [2.05, 4.69) is 31.9 Å². The van der Waals surface area contributed by atoms with E-state index in [0.717, 1.165) is 21.8 Å². The van der Waals surface area contributed by atoms with Crippen LogP contribution in [0.2, 0.25) is 0 Å². The largest absolute Gasteiger partial charge is 0.445 e. The number of nitrogens with two attached hydrogens (primary N) is 1. The monoisotopic (exact) mass is 1240 g/mol. The lowest BCUT2D eigenvalue weighted by Crippen LogP contribution is -2.58. The summed E-state index contributed by atoms with van der Waals surface area (Å²) in [5.41, 5.74) is 7.21. The molecular weight excluding hydrogens is 1150 g/mol. The number of unbranched alkanes of at least 4 members (excludes halogenated alkanes) is 2. The average Bonchev–Trinajstić information content (AvgIpc) is 2.72. The van der Waals surface area contributed by atoms with Gasteiger partial charge in [-0.2, -0.15) is 0 Å². The fourth-order valence-electron chi connectivity index (χ4n) is 11.1. The molecule has 0 unspecified atom stereocenters. The van der Waals surface area contributed by atoms with E-state index >= 15 is 0 Å². The number of benzene rings is 2. The van der Waals surface area contributed by atoms with Crippen molar-refractivity contribution >= 4 is 71.0 Å². The third-order valence-electron chi connectivity index (χ3n) is 16.4. The Labute approximate surface area is 524 Å². The summed E-state index contributed by atoms with van der Waals surface area (Å²) in [6, 6.07) is 11.4. The zero-order valence-electron chi connectivity index (χ0n) is 53.8. The number of carbonyl (C=O) groups excluding carboxylic acids is 11. The number of amides is 12. The van der Waals surface area contributed by atoms with Gasteiger partial charge in [0.2, 0.25) is 41.4 Å². The number of nitrogens with zero attached hydrogens (tertiary/aromatic N) is 4. The van der Waals surface area contributed by atoms with Crippen LogP contribution < -0.4 is 37.6 Å². The zero-order valence-corrected chi connectivity index (χ0v) is 53.8. The molecule has 2 aliphatic heterocycles. The molecule has 25 heteroatoms. The first kappa shape index (κ1) is 73.5. The van der Waals surface area contributed by atoms with Crippen LogP contribution in [0.25, 0.3) is 0 Å². The fraction of sp³-hybridized carbons (Fsp3) is 0.609. The van der Waals surface area contributed by atoms with Crippen molar-refractivity contribution in [3.8, 4) is 0 Å². The Hall–Kier alpha value is -7.93. The predicted molar refractivity (Wildman–Crippen MR) is 334 cm³/mol. The van der Waals surface area contributed by atoms with Gasteiger partial charge in [0.15, 0.2) is 0 Å². The van der Waals surface area contributed by atoms with Crippen LogP contribution in [-0.2, 0) is 70.4 Å². The second-order valence-electron chi connectivity index (χ2n) is 23.8. The van der Waals surface area contributed by atoms with Crippen molar-refractivity contribution in [2.75, 3.05) is 66.4 Å². The van der Waals surface area contributed by atoms with Crippen LogP contribution in [0.15, 0.2) is 66.7 Å². The number of anilines is 1. The molecule has 2 aromatic carbocycles. The molecule has 1 fully saturated rings. The first-order valence-electron chi connectivity index (χ1n) is 31.0. The number of primary amides is 1. The van der Waals surface area contributed by atoms with E-state index in [-0.39, 0.29) is 98.7 Å². The van der Waals surface area contributed by atoms with Crippen molar-refractivity contribution in [3.63, 3.8) is 0 Å². The molecule has 2 aliphatic rings. The number of rotatable bonds is 37. The van der Waals surface area contributed by atoms with Gasteiger partial charge in [-0.05, 0) is 86.0 Å².